The number of hydrogen-bond donors (Lipinski definition) is 0. The number of imidazole rings is 1. The minimum Gasteiger partial charge on any atom is -0.455 e. The van der Waals surface area contributed by atoms with E-state index in [2.05, 4.69) is 56.5 Å². The zero-order valence-corrected chi connectivity index (χ0v) is 26.3. The summed E-state index contributed by atoms with van der Waals surface area (Å²) in [6.45, 7) is 8.72. The number of hydrogen-bond acceptors (Lipinski definition) is 3. The lowest BCUT2D eigenvalue weighted by molar-refractivity contribution is -0.137. The summed E-state index contributed by atoms with van der Waals surface area (Å²) in [5.41, 5.74) is 7.03. The van der Waals surface area contributed by atoms with Crippen LogP contribution in [0.1, 0.15) is 56.2 Å². The molecule has 0 fully saturated rings. The van der Waals surface area contributed by atoms with Gasteiger partial charge in [0.1, 0.15) is 28.3 Å². The van der Waals surface area contributed by atoms with Crippen LogP contribution in [-0.2, 0) is 6.18 Å². The quantitative estimate of drug-likeness (QED) is 0.190. The van der Waals surface area contributed by atoms with Crippen molar-refractivity contribution in [2.24, 2.45) is 0 Å². The van der Waals surface area contributed by atoms with Crippen molar-refractivity contribution in [1.82, 2.24) is 9.55 Å². The molecule has 8 rings (SSSR count). The summed E-state index contributed by atoms with van der Waals surface area (Å²) >= 11 is 0. The molecule has 0 unspecified atom stereocenters. The second-order valence-electron chi connectivity index (χ2n) is 12.7. The fourth-order valence-electron chi connectivity index (χ4n) is 6.73. The Morgan fingerprint density at radius 3 is 2.11 bits per heavy atom. The third-order valence-electron chi connectivity index (χ3n) is 8.98. The Labute approximate surface area is 269 Å². The number of para-hydroxylation sites is 3. The van der Waals surface area contributed by atoms with Crippen molar-refractivity contribution in [1.29, 1.82) is 0 Å². The molecular weight excluding hydrogens is 597 g/mol. The summed E-state index contributed by atoms with van der Waals surface area (Å²) in [4.78, 5) is 5.20. The Bertz CT molecular complexity index is 2440. The first kappa shape index (κ1) is 29.1. The number of furan rings is 2. The standard InChI is InChI=1S/C40H31F3N2O2/c1-22(2)27-13-10-14-28(23(3)4)36(27)45-32-16-9-8-15-31(32)44-39(45)30-19-25-20-33(24-11-6-5-7-12-24)46-37(25)35-29-18-17-26(40(41,42)43)21-34(29)47-38(30)35/h5-23H,1-4H3. The van der Waals surface area contributed by atoms with E-state index >= 15 is 0 Å². The Balaban J connectivity index is 1.53. The number of rotatable bonds is 5. The molecule has 8 aromatic rings. The maximum atomic E-state index is 13.9. The van der Waals surface area contributed by atoms with E-state index in [0.29, 0.717) is 39.1 Å². The average molecular weight is 629 g/mol. The van der Waals surface area contributed by atoms with Crippen molar-refractivity contribution in [3.63, 3.8) is 0 Å². The highest BCUT2D eigenvalue weighted by atomic mass is 19.4. The topological polar surface area (TPSA) is 44.1 Å². The van der Waals surface area contributed by atoms with Crippen LogP contribution < -0.4 is 0 Å². The molecule has 0 bridgehead atoms. The Morgan fingerprint density at radius 1 is 0.702 bits per heavy atom. The zero-order valence-electron chi connectivity index (χ0n) is 26.3. The summed E-state index contributed by atoms with van der Waals surface area (Å²) < 4.78 is 56.7. The predicted molar refractivity (Wildman–Crippen MR) is 182 cm³/mol. The molecule has 0 saturated carbocycles. The lowest BCUT2D eigenvalue weighted by atomic mass is 9.92. The lowest BCUT2D eigenvalue weighted by Crippen LogP contribution is -2.08. The van der Waals surface area contributed by atoms with Crippen molar-refractivity contribution in [2.75, 3.05) is 0 Å². The molecule has 3 heterocycles. The van der Waals surface area contributed by atoms with Gasteiger partial charge < -0.3 is 8.83 Å². The molecule has 47 heavy (non-hydrogen) atoms. The molecule has 0 aliphatic heterocycles. The van der Waals surface area contributed by atoms with Gasteiger partial charge in [-0.3, -0.25) is 4.57 Å². The molecule has 0 aliphatic rings. The van der Waals surface area contributed by atoms with E-state index in [-0.39, 0.29) is 17.4 Å². The molecule has 0 aliphatic carbocycles. The van der Waals surface area contributed by atoms with E-state index in [1.54, 1.807) is 0 Å². The summed E-state index contributed by atoms with van der Waals surface area (Å²) in [6, 6.07) is 31.8. The predicted octanol–water partition coefficient (Wildman–Crippen LogP) is 12.3. The van der Waals surface area contributed by atoms with Crippen molar-refractivity contribution in [2.45, 2.75) is 45.7 Å². The van der Waals surface area contributed by atoms with Crippen molar-refractivity contribution >= 4 is 43.9 Å². The largest absolute Gasteiger partial charge is 0.455 e. The third-order valence-corrected chi connectivity index (χ3v) is 8.98. The number of alkyl halides is 3. The molecule has 0 amide bonds. The first-order chi connectivity index (χ1) is 22.6. The van der Waals surface area contributed by atoms with Crippen LogP contribution in [0.2, 0.25) is 0 Å². The van der Waals surface area contributed by atoms with Crippen LogP contribution in [0.3, 0.4) is 0 Å². The van der Waals surface area contributed by atoms with Crippen LogP contribution in [0, 0.1) is 0 Å². The third kappa shape index (κ3) is 4.63. The van der Waals surface area contributed by atoms with Crippen molar-refractivity contribution in [3.8, 4) is 28.4 Å². The van der Waals surface area contributed by atoms with Crippen LogP contribution in [0.15, 0.2) is 112 Å². The highest BCUT2D eigenvalue weighted by molar-refractivity contribution is 6.21. The maximum Gasteiger partial charge on any atom is 0.416 e. The van der Waals surface area contributed by atoms with Gasteiger partial charge in [0, 0.05) is 16.3 Å². The molecule has 0 atom stereocenters. The molecule has 5 aromatic carbocycles. The average Bonchev–Trinajstić information content (AvgIpc) is 3.76. The maximum absolute atomic E-state index is 13.9. The summed E-state index contributed by atoms with van der Waals surface area (Å²) in [6.07, 6.45) is -4.52. The van der Waals surface area contributed by atoms with Gasteiger partial charge in [-0.15, -0.1) is 0 Å². The van der Waals surface area contributed by atoms with Gasteiger partial charge in [0.15, 0.2) is 0 Å². The minimum atomic E-state index is -4.52. The Kier molecular flexibility index (Phi) is 6.58. The number of fused-ring (bicyclic) bond motifs is 6. The van der Waals surface area contributed by atoms with E-state index < -0.39 is 11.7 Å². The molecule has 0 saturated heterocycles. The summed E-state index contributed by atoms with van der Waals surface area (Å²) in [7, 11) is 0. The van der Waals surface area contributed by atoms with E-state index in [9.17, 15) is 13.2 Å². The second-order valence-corrected chi connectivity index (χ2v) is 12.7. The molecule has 0 N–H and O–H groups in total. The van der Waals surface area contributed by atoms with E-state index in [1.807, 2.05) is 60.7 Å². The van der Waals surface area contributed by atoms with Gasteiger partial charge in [-0.05, 0) is 65.4 Å². The van der Waals surface area contributed by atoms with Gasteiger partial charge in [0.05, 0.1) is 33.2 Å². The first-order valence-electron chi connectivity index (χ1n) is 15.8. The first-order valence-corrected chi connectivity index (χ1v) is 15.8. The highest BCUT2D eigenvalue weighted by Crippen LogP contribution is 2.46. The van der Waals surface area contributed by atoms with Gasteiger partial charge in [-0.25, -0.2) is 4.98 Å². The van der Waals surface area contributed by atoms with E-state index in [0.717, 1.165) is 39.8 Å². The van der Waals surface area contributed by atoms with Crippen molar-refractivity contribution < 1.29 is 22.0 Å². The normalized spacial score (nSPS) is 12.5. The van der Waals surface area contributed by atoms with Crippen LogP contribution in [0.25, 0.3) is 72.3 Å². The van der Waals surface area contributed by atoms with Crippen LogP contribution >= 0.6 is 0 Å². The molecule has 3 aromatic heterocycles. The molecule has 0 spiro atoms. The monoisotopic (exact) mass is 628 g/mol. The smallest absolute Gasteiger partial charge is 0.416 e. The van der Waals surface area contributed by atoms with Crippen molar-refractivity contribution in [3.05, 3.63) is 120 Å². The fraction of sp³-hybridized carbons (Fsp3) is 0.175. The second kappa shape index (κ2) is 10.6. The number of benzene rings is 5. The lowest BCUT2D eigenvalue weighted by Gasteiger charge is -2.22. The van der Waals surface area contributed by atoms with Crippen LogP contribution in [0.4, 0.5) is 13.2 Å². The van der Waals surface area contributed by atoms with Gasteiger partial charge in [-0.2, -0.15) is 13.2 Å². The molecule has 4 nitrogen and oxygen atoms in total. The summed E-state index contributed by atoms with van der Waals surface area (Å²) in [5, 5.41) is 1.96. The highest BCUT2D eigenvalue weighted by Gasteiger charge is 2.32. The van der Waals surface area contributed by atoms with E-state index in [4.69, 9.17) is 13.8 Å². The van der Waals surface area contributed by atoms with Crippen LogP contribution in [-0.4, -0.2) is 9.55 Å². The molecule has 234 valence electrons. The Hall–Kier alpha value is -5.30. The van der Waals surface area contributed by atoms with Gasteiger partial charge in [0.2, 0.25) is 0 Å². The fourth-order valence-corrected chi connectivity index (χ4v) is 6.73. The number of aromatic nitrogens is 2. The SMILES string of the molecule is CC(C)c1cccc(C(C)C)c1-n1c(-c2cc3cc(-c4ccccc4)oc3c3c2oc2cc(C(F)(F)F)ccc23)nc2ccccc21. The zero-order chi connectivity index (χ0) is 32.6. The molecular formula is C40H31F3N2O2. The van der Waals surface area contributed by atoms with Gasteiger partial charge >= 0.3 is 6.18 Å². The molecule has 7 heteroatoms. The number of nitrogens with zero attached hydrogens (tertiary/aromatic N) is 2. The summed E-state index contributed by atoms with van der Waals surface area (Å²) in [5.74, 6) is 1.73. The Morgan fingerprint density at radius 2 is 1.40 bits per heavy atom. The molecule has 0 radical (unpaired) electrons. The number of halogens is 3. The van der Waals surface area contributed by atoms with Crippen LogP contribution in [0.5, 0.6) is 0 Å². The van der Waals surface area contributed by atoms with Gasteiger partial charge in [-0.1, -0.05) is 88.4 Å². The minimum absolute atomic E-state index is 0.134. The van der Waals surface area contributed by atoms with Gasteiger partial charge in [0.25, 0.3) is 0 Å². The van der Waals surface area contributed by atoms with E-state index in [1.165, 1.54) is 17.2 Å².